The van der Waals surface area contributed by atoms with Gasteiger partial charge in [-0.3, -0.25) is 9.69 Å². The van der Waals surface area contributed by atoms with Crippen molar-refractivity contribution in [2.45, 2.75) is 38.4 Å². The largest absolute Gasteiger partial charge is 0.354 e. The minimum Gasteiger partial charge on any atom is -0.354 e. The minimum absolute atomic E-state index is 0. The van der Waals surface area contributed by atoms with E-state index in [1.54, 1.807) is 19.0 Å². The number of aliphatic imine (C=N–C) groups is 1. The van der Waals surface area contributed by atoms with Crippen LogP contribution < -0.4 is 10.6 Å². The fourth-order valence-electron chi connectivity index (χ4n) is 3.79. The first-order valence-corrected chi connectivity index (χ1v) is 11.1. The molecule has 0 aliphatic carbocycles. The maximum absolute atomic E-state index is 12.0. The van der Waals surface area contributed by atoms with Gasteiger partial charge in [-0.15, -0.1) is 24.0 Å². The number of nitrogens with zero attached hydrogens (tertiary/aromatic N) is 3. The van der Waals surface area contributed by atoms with Gasteiger partial charge in [0.25, 0.3) is 0 Å². The van der Waals surface area contributed by atoms with Gasteiger partial charge in [0.05, 0.1) is 13.1 Å². The Labute approximate surface area is 209 Å². The molecule has 1 fully saturated rings. The van der Waals surface area contributed by atoms with Crippen molar-refractivity contribution < 1.29 is 4.79 Å². The van der Waals surface area contributed by atoms with Crippen molar-refractivity contribution >= 4 is 35.8 Å². The maximum atomic E-state index is 12.0. The Morgan fingerprint density at radius 3 is 2.25 bits per heavy atom. The van der Waals surface area contributed by atoms with Gasteiger partial charge in [0.2, 0.25) is 5.91 Å². The zero-order valence-corrected chi connectivity index (χ0v) is 21.7. The van der Waals surface area contributed by atoms with Gasteiger partial charge in [0, 0.05) is 39.3 Å². The zero-order valence-electron chi connectivity index (χ0n) is 19.3. The molecule has 0 saturated carbocycles. The second-order valence-corrected chi connectivity index (χ2v) is 8.33. The number of likely N-dealkylation sites (tertiary alicyclic amines) is 1. The molecule has 1 amide bonds. The van der Waals surface area contributed by atoms with Crippen LogP contribution in [0.2, 0.25) is 0 Å². The van der Waals surface area contributed by atoms with Crippen molar-refractivity contribution in [1.29, 1.82) is 0 Å². The Hall–Kier alpha value is -2.13. The van der Waals surface area contributed by atoms with Gasteiger partial charge in [0.15, 0.2) is 5.96 Å². The van der Waals surface area contributed by atoms with E-state index in [2.05, 4.69) is 64.9 Å². The van der Waals surface area contributed by atoms with Gasteiger partial charge in [-0.1, -0.05) is 60.7 Å². The van der Waals surface area contributed by atoms with Crippen molar-refractivity contribution in [3.05, 3.63) is 71.8 Å². The normalized spacial score (nSPS) is 16.0. The summed E-state index contributed by atoms with van der Waals surface area (Å²) in [6.45, 7) is 5.17. The number of likely N-dealkylation sites (N-methyl/N-ethyl adjacent to an activating group) is 1. The second kappa shape index (κ2) is 13.4. The van der Waals surface area contributed by atoms with E-state index in [0.717, 1.165) is 31.5 Å². The van der Waals surface area contributed by atoms with E-state index in [0.29, 0.717) is 24.6 Å². The number of carbonyl (C=O) groups excluding carboxylic acids is 1. The average Bonchev–Trinajstić information content (AvgIpc) is 2.81. The summed E-state index contributed by atoms with van der Waals surface area (Å²) in [5, 5.41) is 6.77. The monoisotopic (exact) mass is 549 g/mol. The summed E-state index contributed by atoms with van der Waals surface area (Å²) in [6, 6.07) is 21.6. The highest BCUT2D eigenvalue weighted by molar-refractivity contribution is 14.0. The molecule has 1 heterocycles. The number of hydrogen-bond donors (Lipinski definition) is 2. The molecule has 2 aromatic rings. The molecule has 6 nitrogen and oxygen atoms in total. The van der Waals surface area contributed by atoms with Crippen LogP contribution >= 0.6 is 24.0 Å². The molecule has 1 unspecified atom stereocenters. The molecule has 2 N–H and O–H groups in total. The molecule has 0 radical (unpaired) electrons. The summed E-state index contributed by atoms with van der Waals surface area (Å²) >= 11 is 0. The third kappa shape index (κ3) is 8.09. The van der Waals surface area contributed by atoms with Gasteiger partial charge in [0.1, 0.15) is 0 Å². The molecule has 0 aromatic heterocycles. The SMILES string of the molecule is CC(c1ccccc1)N1CCC(NC(=NCc2ccccc2)NCC(=O)N(C)C)CC1.I. The van der Waals surface area contributed by atoms with Crippen LogP contribution in [-0.2, 0) is 11.3 Å². The molecule has 32 heavy (non-hydrogen) atoms. The highest BCUT2D eigenvalue weighted by Gasteiger charge is 2.24. The van der Waals surface area contributed by atoms with Crippen LogP contribution in [-0.4, -0.2) is 61.4 Å². The molecular weight excluding hydrogens is 513 g/mol. The topological polar surface area (TPSA) is 60.0 Å². The number of carbonyl (C=O) groups is 1. The molecular formula is C25H36IN5O. The zero-order chi connectivity index (χ0) is 22.1. The molecule has 3 rings (SSSR count). The molecule has 1 aliphatic rings. The number of amides is 1. The molecule has 0 bridgehead atoms. The molecule has 2 aromatic carbocycles. The summed E-state index contributed by atoms with van der Waals surface area (Å²) in [6.07, 6.45) is 2.09. The summed E-state index contributed by atoms with van der Waals surface area (Å²) in [5.74, 6) is 0.731. The lowest BCUT2D eigenvalue weighted by Crippen LogP contribution is -2.50. The lowest BCUT2D eigenvalue weighted by molar-refractivity contribution is -0.127. The minimum atomic E-state index is 0. The van der Waals surface area contributed by atoms with Gasteiger partial charge in [-0.25, -0.2) is 4.99 Å². The maximum Gasteiger partial charge on any atom is 0.241 e. The Morgan fingerprint density at radius 2 is 1.66 bits per heavy atom. The van der Waals surface area contributed by atoms with Crippen LogP contribution in [0.5, 0.6) is 0 Å². The lowest BCUT2D eigenvalue weighted by atomic mass is 10.0. The molecule has 7 heteroatoms. The summed E-state index contributed by atoms with van der Waals surface area (Å²) in [7, 11) is 3.53. The number of guanidine groups is 1. The molecule has 1 saturated heterocycles. The lowest BCUT2D eigenvalue weighted by Gasteiger charge is -2.37. The van der Waals surface area contributed by atoms with Crippen LogP contribution in [0, 0.1) is 0 Å². The van der Waals surface area contributed by atoms with Crippen LogP contribution in [0.3, 0.4) is 0 Å². The number of piperidine rings is 1. The molecule has 1 atom stereocenters. The number of benzene rings is 2. The smallest absolute Gasteiger partial charge is 0.241 e. The fourth-order valence-corrected chi connectivity index (χ4v) is 3.79. The number of rotatable bonds is 7. The van der Waals surface area contributed by atoms with Gasteiger partial charge in [-0.05, 0) is 30.9 Å². The van der Waals surface area contributed by atoms with E-state index in [9.17, 15) is 4.79 Å². The van der Waals surface area contributed by atoms with Crippen LogP contribution in [0.1, 0.15) is 36.9 Å². The van der Waals surface area contributed by atoms with Crippen molar-refractivity contribution in [3.8, 4) is 0 Å². The number of hydrogen-bond acceptors (Lipinski definition) is 3. The summed E-state index contributed by atoms with van der Waals surface area (Å²) in [5.41, 5.74) is 2.51. The van der Waals surface area contributed by atoms with Gasteiger partial charge < -0.3 is 15.5 Å². The first-order valence-electron chi connectivity index (χ1n) is 11.1. The Morgan fingerprint density at radius 1 is 1.06 bits per heavy atom. The molecule has 0 spiro atoms. The van der Waals surface area contributed by atoms with Crippen molar-refractivity contribution in [2.75, 3.05) is 33.7 Å². The predicted molar refractivity (Wildman–Crippen MR) is 142 cm³/mol. The number of nitrogens with one attached hydrogen (secondary N) is 2. The first kappa shape index (κ1) is 26.1. The highest BCUT2D eigenvalue weighted by atomic mass is 127. The van der Waals surface area contributed by atoms with E-state index in [1.165, 1.54) is 5.56 Å². The van der Waals surface area contributed by atoms with Crippen LogP contribution in [0.4, 0.5) is 0 Å². The summed E-state index contributed by atoms with van der Waals surface area (Å²) < 4.78 is 0. The average molecular weight is 550 g/mol. The third-order valence-electron chi connectivity index (χ3n) is 5.87. The summed E-state index contributed by atoms with van der Waals surface area (Å²) in [4.78, 5) is 20.9. The predicted octanol–water partition coefficient (Wildman–Crippen LogP) is 3.65. The number of halogens is 1. The van der Waals surface area contributed by atoms with Crippen molar-refractivity contribution in [3.63, 3.8) is 0 Å². The Kier molecular flexibility index (Phi) is 11.0. The van der Waals surface area contributed by atoms with E-state index in [1.807, 2.05) is 18.2 Å². The molecule has 1 aliphatic heterocycles. The fraction of sp³-hybridized carbons (Fsp3) is 0.440. The Bertz CT molecular complexity index is 836. The van der Waals surface area contributed by atoms with E-state index < -0.39 is 0 Å². The van der Waals surface area contributed by atoms with Crippen molar-refractivity contribution in [1.82, 2.24) is 20.4 Å². The van der Waals surface area contributed by atoms with E-state index >= 15 is 0 Å². The van der Waals surface area contributed by atoms with Crippen LogP contribution in [0.15, 0.2) is 65.7 Å². The van der Waals surface area contributed by atoms with Gasteiger partial charge >= 0.3 is 0 Å². The quantitative estimate of drug-likeness (QED) is 0.315. The van der Waals surface area contributed by atoms with Crippen LogP contribution in [0.25, 0.3) is 0 Å². The third-order valence-corrected chi connectivity index (χ3v) is 5.87. The first-order chi connectivity index (χ1) is 15.0. The van der Waals surface area contributed by atoms with E-state index in [-0.39, 0.29) is 36.4 Å². The standard InChI is InChI=1S/C25H35N5O.HI/c1-20(22-12-8-5-9-13-22)30-16-14-23(15-17-30)28-25(27-19-24(31)29(2)3)26-18-21-10-6-4-7-11-21;/h4-13,20,23H,14-19H2,1-3H3,(H2,26,27,28);1H. The Balaban J connectivity index is 0.00000363. The second-order valence-electron chi connectivity index (χ2n) is 8.33. The highest BCUT2D eigenvalue weighted by Crippen LogP contribution is 2.24. The van der Waals surface area contributed by atoms with Gasteiger partial charge in [-0.2, -0.15) is 0 Å². The van der Waals surface area contributed by atoms with E-state index in [4.69, 9.17) is 4.99 Å². The van der Waals surface area contributed by atoms with Crippen molar-refractivity contribution in [2.24, 2.45) is 4.99 Å². The molecule has 174 valence electrons.